The minimum Gasteiger partial charge on any atom is -0.353 e. The number of para-hydroxylation sites is 1. The van der Waals surface area contributed by atoms with E-state index < -0.39 is 0 Å². The molecule has 0 bridgehead atoms. The molecule has 1 saturated heterocycles. The lowest BCUT2D eigenvalue weighted by Gasteiger charge is -2.22. The molecule has 1 N–H and O–H groups in total. The summed E-state index contributed by atoms with van der Waals surface area (Å²) in [6.45, 7) is 1.97. The molecule has 27 heavy (non-hydrogen) atoms. The van der Waals surface area contributed by atoms with Gasteiger partial charge in [-0.05, 0) is 25.3 Å². The molecule has 1 unspecified atom stereocenters. The second kappa shape index (κ2) is 8.45. The zero-order valence-corrected chi connectivity index (χ0v) is 18.2. The predicted octanol–water partition coefficient (Wildman–Crippen LogP) is 2.10. The Morgan fingerprint density at radius 2 is 2.07 bits per heavy atom. The molecule has 2 fully saturated rings. The Bertz CT molecular complexity index is 828. The second-order valence-corrected chi connectivity index (χ2v) is 7.38. The van der Waals surface area contributed by atoms with Crippen molar-refractivity contribution >= 4 is 46.7 Å². The first-order valence-electron chi connectivity index (χ1n) is 9.30. The fourth-order valence-electron chi connectivity index (χ4n) is 3.35. The molecule has 2 aromatic rings. The number of fused-ring (bicyclic) bond motifs is 1. The molecule has 146 valence electrons. The van der Waals surface area contributed by atoms with Crippen molar-refractivity contribution in [3.05, 3.63) is 30.5 Å². The molecule has 8 heteroatoms. The summed E-state index contributed by atoms with van der Waals surface area (Å²) in [5, 5.41) is 9.29. The van der Waals surface area contributed by atoms with Crippen LogP contribution in [0.4, 0.5) is 0 Å². The van der Waals surface area contributed by atoms with Gasteiger partial charge in [0.05, 0.1) is 17.8 Å². The molecule has 1 aromatic carbocycles. The average Bonchev–Trinajstić information content (AvgIpc) is 3.16. The molecule has 4 rings (SSSR count). The number of aliphatic imine (C=N–C) groups is 1. The number of likely N-dealkylation sites (tertiary alicyclic amines) is 1. The minimum atomic E-state index is 0. The summed E-state index contributed by atoms with van der Waals surface area (Å²) in [6, 6.07) is 9.15. The maximum Gasteiger partial charge on any atom is 0.243 e. The summed E-state index contributed by atoms with van der Waals surface area (Å²) in [5.74, 6) is 0.885. The Morgan fingerprint density at radius 1 is 1.30 bits per heavy atom. The van der Waals surface area contributed by atoms with Crippen molar-refractivity contribution in [1.82, 2.24) is 24.9 Å². The topological polar surface area (TPSA) is 65.8 Å². The standard InChI is InChI=1S/C19H26N6O.HI/c1-23(2)18(26)12-20-19(22-15-7-8-15)24-10-9-16(13-24)25-17-6-4-3-5-14(17)11-21-25;/h3-6,11,15-16H,7-10,12-13H2,1-2H3,(H,20,22);1H. The number of amides is 1. The highest BCUT2D eigenvalue weighted by molar-refractivity contribution is 14.0. The molecule has 0 radical (unpaired) electrons. The van der Waals surface area contributed by atoms with Crippen molar-refractivity contribution < 1.29 is 4.79 Å². The van der Waals surface area contributed by atoms with Crippen LogP contribution in [0.3, 0.4) is 0 Å². The van der Waals surface area contributed by atoms with Crippen LogP contribution in [0.5, 0.6) is 0 Å². The lowest BCUT2D eigenvalue weighted by Crippen LogP contribution is -2.42. The molecule has 1 saturated carbocycles. The molecule has 2 aliphatic rings. The van der Waals surface area contributed by atoms with Gasteiger partial charge in [0.1, 0.15) is 6.54 Å². The highest BCUT2D eigenvalue weighted by Gasteiger charge is 2.31. The van der Waals surface area contributed by atoms with E-state index in [1.165, 1.54) is 23.7 Å². The first-order valence-corrected chi connectivity index (χ1v) is 9.30. The number of nitrogens with one attached hydrogen (secondary N) is 1. The zero-order valence-electron chi connectivity index (χ0n) is 15.8. The number of hydrogen-bond acceptors (Lipinski definition) is 3. The van der Waals surface area contributed by atoms with Gasteiger partial charge in [-0.2, -0.15) is 5.10 Å². The van der Waals surface area contributed by atoms with E-state index in [1.807, 2.05) is 12.3 Å². The van der Waals surface area contributed by atoms with Gasteiger partial charge in [-0.25, -0.2) is 4.99 Å². The lowest BCUT2D eigenvalue weighted by atomic mass is 10.2. The summed E-state index contributed by atoms with van der Waals surface area (Å²) in [5.41, 5.74) is 1.18. The highest BCUT2D eigenvalue weighted by atomic mass is 127. The van der Waals surface area contributed by atoms with E-state index in [0.29, 0.717) is 12.1 Å². The normalized spacial score (nSPS) is 19.9. The lowest BCUT2D eigenvalue weighted by molar-refractivity contribution is -0.127. The van der Waals surface area contributed by atoms with Crippen LogP contribution in [0.25, 0.3) is 10.9 Å². The van der Waals surface area contributed by atoms with Crippen molar-refractivity contribution in [2.45, 2.75) is 31.3 Å². The van der Waals surface area contributed by atoms with Crippen LogP contribution in [-0.2, 0) is 4.79 Å². The monoisotopic (exact) mass is 482 g/mol. The number of hydrogen-bond donors (Lipinski definition) is 1. The van der Waals surface area contributed by atoms with Gasteiger partial charge in [0, 0.05) is 38.6 Å². The second-order valence-electron chi connectivity index (χ2n) is 7.38. The Labute approximate surface area is 176 Å². The number of carbonyl (C=O) groups is 1. The molecule has 1 aliphatic heterocycles. The third-order valence-corrected chi connectivity index (χ3v) is 5.09. The number of carbonyl (C=O) groups excluding carboxylic acids is 1. The van der Waals surface area contributed by atoms with E-state index >= 15 is 0 Å². The van der Waals surface area contributed by atoms with Crippen LogP contribution in [0, 0.1) is 0 Å². The fourth-order valence-corrected chi connectivity index (χ4v) is 3.35. The van der Waals surface area contributed by atoms with Gasteiger partial charge in [-0.1, -0.05) is 18.2 Å². The summed E-state index contributed by atoms with van der Waals surface area (Å²) < 4.78 is 2.13. The van der Waals surface area contributed by atoms with E-state index in [4.69, 9.17) is 0 Å². The van der Waals surface area contributed by atoms with Gasteiger partial charge in [0.15, 0.2) is 5.96 Å². The molecular formula is C19H27IN6O. The van der Waals surface area contributed by atoms with Crippen molar-refractivity contribution in [3.8, 4) is 0 Å². The van der Waals surface area contributed by atoms with Gasteiger partial charge >= 0.3 is 0 Å². The number of likely N-dealkylation sites (N-methyl/N-ethyl adjacent to an activating group) is 1. The van der Waals surface area contributed by atoms with E-state index in [-0.39, 0.29) is 36.4 Å². The summed E-state index contributed by atoms with van der Waals surface area (Å²) in [6.07, 6.45) is 5.33. The Balaban J connectivity index is 0.00000210. The van der Waals surface area contributed by atoms with Crippen LogP contribution < -0.4 is 5.32 Å². The largest absolute Gasteiger partial charge is 0.353 e. The number of benzene rings is 1. The highest BCUT2D eigenvalue weighted by Crippen LogP contribution is 2.26. The molecule has 1 aliphatic carbocycles. The number of rotatable bonds is 4. The average molecular weight is 482 g/mol. The fraction of sp³-hybridized carbons (Fsp3) is 0.526. The third-order valence-electron chi connectivity index (χ3n) is 5.09. The molecular weight excluding hydrogens is 455 g/mol. The van der Waals surface area contributed by atoms with Gasteiger partial charge in [-0.3, -0.25) is 9.48 Å². The predicted molar refractivity (Wildman–Crippen MR) is 118 cm³/mol. The maximum atomic E-state index is 11.9. The number of aromatic nitrogens is 2. The van der Waals surface area contributed by atoms with Crippen LogP contribution in [0.1, 0.15) is 25.3 Å². The SMILES string of the molecule is CN(C)C(=O)CN=C(NC1CC1)N1CCC(n2ncc3ccccc32)C1.I. The van der Waals surface area contributed by atoms with E-state index in [0.717, 1.165) is 25.5 Å². The maximum absolute atomic E-state index is 11.9. The summed E-state index contributed by atoms with van der Waals surface area (Å²) in [4.78, 5) is 20.4. The van der Waals surface area contributed by atoms with Crippen LogP contribution in [0.15, 0.2) is 35.5 Å². The van der Waals surface area contributed by atoms with Crippen molar-refractivity contribution in [2.24, 2.45) is 4.99 Å². The number of guanidine groups is 1. The first-order chi connectivity index (χ1) is 12.6. The zero-order chi connectivity index (χ0) is 18.1. The third kappa shape index (κ3) is 4.53. The van der Waals surface area contributed by atoms with Crippen molar-refractivity contribution in [1.29, 1.82) is 0 Å². The van der Waals surface area contributed by atoms with Crippen LogP contribution >= 0.6 is 24.0 Å². The Kier molecular flexibility index (Phi) is 6.23. The quantitative estimate of drug-likeness (QED) is 0.412. The van der Waals surface area contributed by atoms with E-state index in [9.17, 15) is 4.79 Å². The Hall–Kier alpha value is -1.84. The molecule has 1 atom stereocenters. The number of halogens is 1. The van der Waals surface area contributed by atoms with E-state index in [2.05, 4.69) is 43.2 Å². The number of nitrogens with zero attached hydrogens (tertiary/aromatic N) is 5. The van der Waals surface area contributed by atoms with Gasteiger partial charge in [0.2, 0.25) is 5.91 Å². The van der Waals surface area contributed by atoms with Gasteiger partial charge < -0.3 is 15.1 Å². The molecule has 0 spiro atoms. The first kappa shape index (κ1) is 19.9. The summed E-state index contributed by atoms with van der Waals surface area (Å²) in [7, 11) is 3.53. The minimum absolute atomic E-state index is 0. The van der Waals surface area contributed by atoms with Crippen molar-refractivity contribution in [3.63, 3.8) is 0 Å². The smallest absolute Gasteiger partial charge is 0.243 e. The molecule has 1 amide bonds. The van der Waals surface area contributed by atoms with Crippen molar-refractivity contribution in [2.75, 3.05) is 33.7 Å². The van der Waals surface area contributed by atoms with Gasteiger partial charge in [0.25, 0.3) is 0 Å². The molecule has 1 aromatic heterocycles. The summed E-state index contributed by atoms with van der Waals surface area (Å²) >= 11 is 0. The molecule has 7 nitrogen and oxygen atoms in total. The van der Waals surface area contributed by atoms with E-state index in [1.54, 1.807) is 19.0 Å². The van der Waals surface area contributed by atoms with Crippen LogP contribution in [-0.4, -0.2) is 71.2 Å². The van der Waals surface area contributed by atoms with Gasteiger partial charge in [-0.15, -0.1) is 24.0 Å². The Morgan fingerprint density at radius 3 is 2.81 bits per heavy atom. The molecule has 2 heterocycles. The van der Waals surface area contributed by atoms with Crippen LogP contribution in [0.2, 0.25) is 0 Å².